The lowest BCUT2D eigenvalue weighted by molar-refractivity contribution is 0.0951. The number of ether oxygens (including phenoxy) is 1. The summed E-state index contributed by atoms with van der Waals surface area (Å²) in [5.74, 6) is 0.668. The first-order valence-electron chi connectivity index (χ1n) is 6.25. The lowest BCUT2D eigenvalue weighted by Gasteiger charge is -2.26. The molecule has 0 aromatic carbocycles. The van der Waals surface area contributed by atoms with Gasteiger partial charge in [0.15, 0.2) is 0 Å². The Balaban J connectivity index is 1.77. The van der Waals surface area contributed by atoms with Gasteiger partial charge in [-0.3, -0.25) is 9.69 Å². The van der Waals surface area contributed by atoms with Gasteiger partial charge in [-0.15, -0.1) is 11.3 Å². The molecule has 0 bridgehead atoms. The molecule has 2 rings (SSSR count). The van der Waals surface area contributed by atoms with Crippen LogP contribution in [0.25, 0.3) is 0 Å². The average Bonchev–Trinajstić information content (AvgIpc) is 2.81. The van der Waals surface area contributed by atoms with Gasteiger partial charge in [0, 0.05) is 45.3 Å². The molecule has 1 fully saturated rings. The van der Waals surface area contributed by atoms with Crippen LogP contribution in [0.2, 0.25) is 0 Å². The van der Waals surface area contributed by atoms with Crippen molar-refractivity contribution in [2.45, 2.75) is 0 Å². The number of piperazine rings is 1. The monoisotopic (exact) mass is 347 g/mol. The molecule has 19 heavy (non-hydrogen) atoms. The fourth-order valence-electron chi connectivity index (χ4n) is 1.95. The third-order valence-electron chi connectivity index (χ3n) is 3.02. The molecule has 1 saturated heterocycles. The maximum absolute atomic E-state index is 12.0. The van der Waals surface area contributed by atoms with Crippen LogP contribution in [0.15, 0.2) is 9.85 Å². The zero-order chi connectivity index (χ0) is 13.7. The molecule has 7 heteroatoms. The summed E-state index contributed by atoms with van der Waals surface area (Å²) in [7, 11) is 1.60. The molecule has 106 valence electrons. The molecular weight excluding hydrogens is 330 g/mol. The van der Waals surface area contributed by atoms with Crippen molar-refractivity contribution < 1.29 is 9.53 Å². The minimum Gasteiger partial charge on any atom is -0.495 e. The summed E-state index contributed by atoms with van der Waals surface area (Å²) in [5.41, 5.74) is 0. The number of carbonyl (C=O) groups is 1. The molecule has 0 spiro atoms. The second-order valence-corrected chi connectivity index (χ2v) is 6.67. The van der Waals surface area contributed by atoms with E-state index in [1.165, 1.54) is 11.3 Å². The maximum Gasteiger partial charge on any atom is 0.261 e. The van der Waals surface area contributed by atoms with Gasteiger partial charge >= 0.3 is 0 Å². The van der Waals surface area contributed by atoms with Crippen molar-refractivity contribution in [3.63, 3.8) is 0 Å². The predicted molar refractivity (Wildman–Crippen MR) is 80.2 cm³/mol. The number of thiophene rings is 1. The Labute approximate surface area is 125 Å². The predicted octanol–water partition coefficient (Wildman–Crippen LogP) is 1.15. The summed E-state index contributed by atoms with van der Waals surface area (Å²) in [4.78, 5) is 15.0. The fraction of sp³-hybridized carbons (Fsp3) is 0.583. The van der Waals surface area contributed by atoms with E-state index in [1.807, 2.05) is 0 Å². The number of hydrogen-bond donors (Lipinski definition) is 2. The largest absolute Gasteiger partial charge is 0.495 e. The minimum absolute atomic E-state index is 0.0378. The summed E-state index contributed by atoms with van der Waals surface area (Å²) in [5, 5.41) is 6.25. The van der Waals surface area contributed by atoms with Crippen LogP contribution in [0.1, 0.15) is 9.67 Å². The van der Waals surface area contributed by atoms with E-state index in [9.17, 15) is 4.79 Å². The number of methoxy groups -OCH3 is 1. The third-order valence-corrected chi connectivity index (χ3v) is 4.80. The molecule has 0 aliphatic carbocycles. The zero-order valence-electron chi connectivity index (χ0n) is 10.9. The molecule has 1 aliphatic heterocycles. The van der Waals surface area contributed by atoms with E-state index in [2.05, 4.69) is 31.5 Å². The molecule has 1 aromatic rings. The van der Waals surface area contributed by atoms with E-state index in [1.54, 1.807) is 13.2 Å². The van der Waals surface area contributed by atoms with Crippen LogP contribution in [0, 0.1) is 0 Å². The smallest absolute Gasteiger partial charge is 0.261 e. The number of amides is 1. The summed E-state index contributed by atoms with van der Waals surface area (Å²) in [6, 6.07) is 1.76. The van der Waals surface area contributed by atoms with Gasteiger partial charge in [-0.05, 0) is 15.9 Å². The number of carbonyl (C=O) groups excluding carboxylic acids is 1. The Kier molecular flexibility index (Phi) is 5.62. The fourth-order valence-corrected chi connectivity index (χ4v) is 3.52. The van der Waals surface area contributed by atoms with Crippen molar-refractivity contribution in [2.24, 2.45) is 0 Å². The van der Waals surface area contributed by atoms with E-state index in [0.717, 1.165) is 36.5 Å². The highest BCUT2D eigenvalue weighted by Gasteiger charge is 2.14. The first-order chi connectivity index (χ1) is 9.20. The van der Waals surface area contributed by atoms with Crippen molar-refractivity contribution in [3.8, 4) is 5.75 Å². The SMILES string of the molecule is COc1cc(C(=O)NCCN2CCNCC2)sc1Br. The zero-order valence-corrected chi connectivity index (χ0v) is 13.3. The van der Waals surface area contributed by atoms with Gasteiger partial charge in [-0.1, -0.05) is 0 Å². The molecule has 0 unspecified atom stereocenters. The Bertz CT molecular complexity index is 433. The first kappa shape index (κ1) is 14.8. The first-order valence-corrected chi connectivity index (χ1v) is 7.86. The molecule has 1 aromatic heterocycles. The third kappa shape index (κ3) is 4.17. The Morgan fingerprint density at radius 1 is 1.58 bits per heavy atom. The minimum atomic E-state index is -0.0378. The second kappa shape index (κ2) is 7.23. The van der Waals surface area contributed by atoms with Gasteiger partial charge < -0.3 is 15.4 Å². The summed E-state index contributed by atoms with van der Waals surface area (Å²) >= 11 is 4.76. The molecule has 1 amide bonds. The van der Waals surface area contributed by atoms with Crippen molar-refractivity contribution in [1.82, 2.24) is 15.5 Å². The molecule has 2 N–H and O–H groups in total. The summed E-state index contributed by atoms with van der Waals surface area (Å²) in [6.07, 6.45) is 0. The van der Waals surface area contributed by atoms with Gasteiger partial charge in [-0.25, -0.2) is 0 Å². The number of nitrogens with zero attached hydrogens (tertiary/aromatic N) is 1. The van der Waals surface area contributed by atoms with E-state index < -0.39 is 0 Å². The van der Waals surface area contributed by atoms with Gasteiger partial charge in [0.2, 0.25) is 0 Å². The molecule has 2 heterocycles. The molecule has 5 nitrogen and oxygen atoms in total. The van der Waals surface area contributed by atoms with Gasteiger partial charge in [-0.2, -0.15) is 0 Å². The van der Waals surface area contributed by atoms with Crippen LogP contribution in [0.5, 0.6) is 5.75 Å². The summed E-state index contributed by atoms with van der Waals surface area (Å²) in [6.45, 7) is 5.74. The molecule has 0 saturated carbocycles. The van der Waals surface area contributed by atoms with Gasteiger partial charge in [0.25, 0.3) is 5.91 Å². The Hall–Kier alpha value is -0.630. The van der Waals surface area contributed by atoms with Crippen LogP contribution in [-0.4, -0.2) is 57.2 Å². The topological polar surface area (TPSA) is 53.6 Å². The highest BCUT2D eigenvalue weighted by atomic mass is 79.9. The average molecular weight is 348 g/mol. The number of hydrogen-bond acceptors (Lipinski definition) is 5. The maximum atomic E-state index is 12.0. The molecular formula is C12H18BrN3O2S. The number of rotatable bonds is 5. The van der Waals surface area contributed by atoms with E-state index >= 15 is 0 Å². The van der Waals surface area contributed by atoms with Crippen LogP contribution in [0.4, 0.5) is 0 Å². The van der Waals surface area contributed by atoms with Crippen molar-refractivity contribution in [3.05, 3.63) is 14.7 Å². The highest BCUT2D eigenvalue weighted by Crippen LogP contribution is 2.34. The van der Waals surface area contributed by atoms with Crippen LogP contribution < -0.4 is 15.4 Å². The normalized spacial score (nSPS) is 16.3. The van der Waals surface area contributed by atoms with Crippen LogP contribution in [-0.2, 0) is 0 Å². The quantitative estimate of drug-likeness (QED) is 0.839. The Morgan fingerprint density at radius 3 is 2.95 bits per heavy atom. The van der Waals surface area contributed by atoms with E-state index in [0.29, 0.717) is 17.2 Å². The second-order valence-electron chi connectivity index (χ2n) is 4.30. The van der Waals surface area contributed by atoms with Crippen molar-refractivity contribution >= 4 is 33.2 Å². The van der Waals surface area contributed by atoms with Crippen molar-refractivity contribution in [2.75, 3.05) is 46.4 Å². The summed E-state index contributed by atoms with van der Waals surface area (Å²) < 4.78 is 5.99. The Morgan fingerprint density at radius 2 is 2.32 bits per heavy atom. The van der Waals surface area contributed by atoms with Crippen LogP contribution in [0.3, 0.4) is 0 Å². The van der Waals surface area contributed by atoms with E-state index in [4.69, 9.17) is 4.74 Å². The van der Waals surface area contributed by atoms with Gasteiger partial charge in [0.1, 0.15) is 9.54 Å². The van der Waals surface area contributed by atoms with Gasteiger partial charge in [0.05, 0.1) is 12.0 Å². The molecule has 1 aliphatic rings. The van der Waals surface area contributed by atoms with Crippen LogP contribution >= 0.6 is 27.3 Å². The lowest BCUT2D eigenvalue weighted by Crippen LogP contribution is -2.46. The number of halogens is 1. The number of nitrogens with one attached hydrogen (secondary N) is 2. The lowest BCUT2D eigenvalue weighted by atomic mass is 10.3. The highest BCUT2D eigenvalue weighted by molar-refractivity contribution is 9.11. The van der Waals surface area contributed by atoms with Crippen molar-refractivity contribution in [1.29, 1.82) is 0 Å². The van der Waals surface area contributed by atoms with E-state index in [-0.39, 0.29) is 5.91 Å². The molecule has 0 radical (unpaired) electrons. The molecule has 0 atom stereocenters. The standard InChI is InChI=1S/C12H18BrN3O2S/c1-18-9-8-10(19-11(9)13)12(17)15-4-7-16-5-2-14-3-6-16/h8,14H,2-7H2,1H3,(H,15,17).